The standard InChI is InChI=1S/C27H37NO6/c1-6-15-33-23(7-2)21(17-20-11-9-8-10-12-20)19(4)34-27(31)18(3)16-22(29)25-26(30)24(32-5)13-14-28-25/h8-14,18-19,21,23,30H,6-7,15-17H2,1-5H3/t18-,19+,21+,23+/m1/s1. The molecule has 0 aliphatic rings. The first kappa shape index (κ1) is 27.3. The first-order valence-electron chi connectivity index (χ1n) is 11.9. The zero-order valence-electron chi connectivity index (χ0n) is 20.8. The van der Waals surface area contributed by atoms with Crippen molar-refractivity contribution in [3.63, 3.8) is 0 Å². The number of hydrogen-bond acceptors (Lipinski definition) is 7. The van der Waals surface area contributed by atoms with E-state index in [0.717, 1.165) is 18.4 Å². The van der Waals surface area contributed by atoms with E-state index in [-0.39, 0.29) is 35.6 Å². The predicted octanol–water partition coefficient (Wildman–Crippen LogP) is 5.00. The van der Waals surface area contributed by atoms with Crippen LogP contribution in [-0.4, -0.2) is 47.8 Å². The van der Waals surface area contributed by atoms with Gasteiger partial charge in [0.15, 0.2) is 23.0 Å². The van der Waals surface area contributed by atoms with Crippen LogP contribution in [0, 0.1) is 11.8 Å². The molecular weight excluding hydrogens is 434 g/mol. The molecule has 4 atom stereocenters. The van der Waals surface area contributed by atoms with E-state index in [9.17, 15) is 14.7 Å². The molecular formula is C27H37NO6. The van der Waals surface area contributed by atoms with Gasteiger partial charge in [0.25, 0.3) is 0 Å². The lowest BCUT2D eigenvalue weighted by Crippen LogP contribution is -2.37. The zero-order chi connectivity index (χ0) is 25.1. The van der Waals surface area contributed by atoms with E-state index < -0.39 is 23.8 Å². The molecule has 0 amide bonds. The van der Waals surface area contributed by atoms with Gasteiger partial charge in [-0.1, -0.05) is 51.1 Å². The normalized spacial score (nSPS) is 14.6. The van der Waals surface area contributed by atoms with Crippen LogP contribution in [0.1, 0.15) is 63.0 Å². The minimum atomic E-state index is -0.698. The fourth-order valence-corrected chi connectivity index (χ4v) is 3.95. The highest BCUT2D eigenvalue weighted by atomic mass is 16.5. The first-order chi connectivity index (χ1) is 16.3. The van der Waals surface area contributed by atoms with Gasteiger partial charge >= 0.3 is 5.97 Å². The summed E-state index contributed by atoms with van der Waals surface area (Å²) in [6.45, 7) is 8.30. The lowest BCUT2D eigenvalue weighted by atomic mass is 9.88. The van der Waals surface area contributed by atoms with Crippen LogP contribution in [0.25, 0.3) is 0 Å². The summed E-state index contributed by atoms with van der Waals surface area (Å²) in [5.41, 5.74) is 1.03. The van der Waals surface area contributed by atoms with Gasteiger partial charge in [0, 0.05) is 31.2 Å². The summed E-state index contributed by atoms with van der Waals surface area (Å²) < 4.78 is 17.0. The highest BCUT2D eigenvalue weighted by Crippen LogP contribution is 2.29. The number of rotatable bonds is 14. The van der Waals surface area contributed by atoms with Crippen LogP contribution in [0.2, 0.25) is 0 Å². The molecule has 0 spiro atoms. The Bertz CT molecular complexity index is 917. The Morgan fingerprint density at radius 1 is 1.09 bits per heavy atom. The maximum atomic E-state index is 12.9. The summed E-state index contributed by atoms with van der Waals surface area (Å²) in [6, 6.07) is 11.5. The molecule has 34 heavy (non-hydrogen) atoms. The van der Waals surface area contributed by atoms with Crippen molar-refractivity contribution in [3.05, 3.63) is 53.9 Å². The smallest absolute Gasteiger partial charge is 0.309 e. The van der Waals surface area contributed by atoms with E-state index in [2.05, 4.69) is 31.0 Å². The Hall–Kier alpha value is -2.93. The number of carbonyl (C=O) groups excluding carboxylic acids is 2. The average molecular weight is 472 g/mol. The molecule has 0 saturated carbocycles. The number of Topliss-reactive ketones (excluding diaryl/α,β-unsaturated/α-hetero) is 1. The van der Waals surface area contributed by atoms with Gasteiger partial charge in [-0.2, -0.15) is 0 Å². The quantitative estimate of drug-likeness (QED) is 0.306. The average Bonchev–Trinajstić information content (AvgIpc) is 2.84. The van der Waals surface area contributed by atoms with Gasteiger partial charge in [-0.15, -0.1) is 0 Å². The maximum Gasteiger partial charge on any atom is 0.309 e. The Morgan fingerprint density at radius 3 is 2.41 bits per heavy atom. The second kappa shape index (κ2) is 13.7. The van der Waals surface area contributed by atoms with E-state index in [1.807, 2.05) is 25.1 Å². The van der Waals surface area contributed by atoms with Gasteiger partial charge in [0.2, 0.25) is 0 Å². The molecule has 7 heteroatoms. The minimum absolute atomic E-state index is 0.0325. The summed E-state index contributed by atoms with van der Waals surface area (Å²) in [5, 5.41) is 10.2. The lowest BCUT2D eigenvalue weighted by molar-refractivity contribution is -0.158. The monoisotopic (exact) mass is 471 g/mol. The van der Waals surface area contributed by atoms with Crippen LogP contribution in [0.15, 0.2) is 42.6 Å². The van der Waals surface area contributed by atoms with Gasteiger partial charge in [-0.05, 0) is 31.7 Å². The summed E-state index contributed by atoms with van der Waals surface area (Å²) in [5.74, 6) is -1.82. The molecule has 2 aromatic rings. The Kier molecular flexibility index (Phi) is 11.0. The van der Waals surface area contributed by atoms with Crippen molar-refractivity contribution in [1.82, 2.24) is 4.98 Å². The molecule has 1 aromatic carbocycles. The third-order valence-corrected chi connectivity index (χ3v) is 5.90. The fraction of sp³-hybridized carbons (Fsp3) is 0.519. The molecule has 0 saturated heterocycles. The van der Waals surface area contributed by atoms with E-state index in [1.165, 1.54) is 19.4 Å². The lowest BCUT2D eigenvalue weighted by Gasteiger charge is -2.32. The third kappa shape index (κ3) is 7.55. The predicted molar refractivity (Wildman–Crippen MR) is 130 cm³/mol. The molecule has 0 bridgehead atoms. The van der Waals surface area contributed by atoms with Crippen LogP contribution in [0.5, 0.6) is 11.5 Å². The zero-order valence-corrected chi connectivity index (χ0v) is 20.8. The second-order valence-electron chi connectivity index (χ2n) is 8.55. The number of benzene rings is 1. The van der Waals surface area contributed by atoms with E-state index >= 15 is 0 Å². The highest BCUT2D eigenvalue weighted by molar-refractivity contribution is 5.99. The molecule has 186 valence electrons. The van der Waals surface area contributed by atoms with Crippen molar-refractivity contribution >= 4 is 11.8 Å². The van der Waals surface area contributed by atoms with Gasteiger partial charge < -0.3 is 19.3 Å². The number of ether oxygens (including phenoxy) is 3. The second-order valence-corrected chi connectivity index (χ2v) is 8.55. The van der Waals surface area contributed by atoms with Gasteiger partial charge in [-0.3, -0.25) is 9.59 Å². The molecule has 7 nitrogen and oxygen atoms in total. The van der Waals surface area contributed by atoms with Crippen molar-refractivity contribution in [2.75, 3.05) is 13.7 Å². The molecule has 0 unspecified atom stereocenters. The number of methoxy groups -OCH3 is 1. The van der Waals surface area contributed by atoms with Crippen molar-refractivity contribution < 1.29 is 28.9 Å². The molecule has 2 rings (SSSR count). The maximum absolute atomic E-state index is 12.9. The molecule has 0 aliphatic heterocycles. The highest BCUT2D eigenvalue weighted by Gasteiger charge is 2.31. The molecule has 0 fully saturated rings. The number of carbonyl (C=O) groups is 2. The van der Waals surface area contributed by atoms with Crippen LogP contribution in [-0.2, 0) is 20.7 Å². The molecule has 1 aromatic heterocycles. The fourth-order valence-electron chi connectivity index (χ4n) is 3.95. The molecule has 0 aliphatic carbocycles. The first-order valence-corrected chi connectivity index (χ1v) is 11.9. The van der Waals surface area contributed by atoms with Crippen molar-refractivity contribution in [1.29, 1.82) is 0 Å². The number of ketones is 1. The summed E-state index contributed by atoms with van der Waals surface area (Å²) in [4.78, 5) is 29.5. The van der Waals surface area contributed by atoms with E-state index in [1.54, 1.807) is 6.92 Å². The molecule has 1 N–H and O–H groups in total. The number of esters is 1. The number of aromatic nitrogens is 1. The van der Waals surface area contributed by atoms with Gasteiger partial charge in [-0.25, -0.2) is 4.98 Å². The van der Waals surface area contributed by atoms with Crippen molar-refractivity contribution in [2.24, 2.45) is 11.8 Å². The minimum Gasteiger partial charge on any atom is -0.503 e. The van der Waals surface area contributed by atoms with Crippen LogP contribution in [0.3, 0.4) is 0 Å². The number of aromatic hydroxyl groups is 1. The number of nitrogens with zero attached hydrogens (tertiary/aromatic N) is 1. The largest absolute Gasteiger partial charge is 0.503 e. The van der Waals surface area contributed by atoms with E-state index in [0.29, 0.717) is 13.0 Å². The van der Waals surface area contributed by atoms with Gasteiger partial charge in [0.05, 0.1) is 19.1 Å². The Labute approximate surface area is 202 Å². The van der Waals surface area contributed by atoms with Crippen molar-refractivity contribution in [3.8, 4) is 11.5 Å². The number of pyridine rings is 1. The number of hydrogen-bond donors (Lipinski definition) is 1. The third-order valence-electron chi connectivity index (χ3n) is 5.90. The topological polar surface area (TPSA) is 95.0 Å². The van der Waals surface area contributed by atoms with Crippen LogP contribution in [0.4, 0.5) is 0 Å². The van der Waals surface area contributed by atoms with Crippen molar-refractivity contribution in [2.45, 2.75) is 65.6 Å². The molecule has 1 heterocycles. The Morgan fingerprint density at radius 2 is 1.79 bits per heavy atom. The van der Waals surface area contributed by atoms with Crippen LogP contribution >= 0.6 is 0 Å². The SMILES string of the molecule is CCCO[C@@H](CC)[C@@H](Cc1ccccc1)[C@H](C)OC(=O)[C@H](C)CC(=O)c1nccc(OC)c1O. The summed E-state index contributed by atoms with van der Waals surface area (Å²) in [7, 11) is 1.39. The Balaban J connectivity index is 2.09. The molecule has 0 radical (unpaired) electrons. The van der Waals surface area contributed by atoms with Crippen LogP contribution < -0.4 is 4.74 Å². The summed E-state index contributed by atoms with van der Waals surface area (Å²) in [6.07, 6.45) is 3.21. The summed E-state index contributed by atoms with van der Waals surface area (Å²) >= 11 is 0. The van der Waals surface area contributed by atoms with Gasteiger partial charge in [0.1, 0.15) is 6.10 Å². The van der Waals surface area contributed by atoms with E-state index in [4.69, 9.17) is 14.2 Å².